The van der Waals surface area contributed by atoms with Gasteiger partial charge in [-0.15, -0.1) is 0 Å². The van der Waals surface area contributed by atoms with E-state index in [1.54, 1.807) is 6.07 Å². The monoisotopic (exact) mass is 192 g/mol. The summed E-state index contributed by atoms with van der Waals surface area (Å²) in [7, 11) is 1.36. The molecule has 1 aromatic carbocycles. The maximum Gasteiger partial charge on any atom is 0.340 e. The van der Waals surface area contributed by atoms with Gasteiger partial charge in [0.05, 0.1) is 12.7 Å². The Balaban J connectivity index is 2.57. The van der Waals surface area contributed by atoms with Gasteiger partial charge >= 0.3 is 5.97 Å². The fraction of sp³-hybridized carbons (Fsp3) is 0.300. The topological polar surface area (TPSA) is 64.3 Å². The Bertz CT molecular complexity index is 388. The quantitative estimate of drug-likeness (QED) is 0.515. The Morgan fingerprint density at radius 1 is 1.57 bits per heavy atom. The zero-order valence-electron chi connectivity index (χ0n) is 7.96. The third kappa shape index (κ3) is 1.19. The van der Waals surface area contributed by atoms with E-state index in [0.717, 1.165) is 24.2 Å². The van der Waals surface area contributed by atoms with Crippen molar-refractivity contribution in [1.29, 1.82) is 0 Å². The van der Waals surface area contributed by atoms with Gasteiger partial charge in [0, 0.05) is 17.9 Å². The van der Waals surface area contributed by atoms with E-state index in [0.29, 0.717) is 11.3 Å². The van der Waals surface area contributed by atoms with Crippen molar-refractivity contribution in [2.75, 3.05) is 24.7 Å². The molecule has 0 fully saturated rings. The number of methoxy groups -OCH3 is 1. The minimum absolute atomic E-state index is 0.358. The number of hydrogen-bond acceptors (Lipinski definition) is 4. The lowest BCUT2D eigenvalue weighted by Crippen LogP contribution is -2.08. The predicted octanol–water partition coefficient (Wildman–Crippen LogP) is 1.02. The maximum atomic E-state index is 11.5. The number of carbonyl (C=O) groups excluding carboxylic acids is 1. The molecule has 0 unspecified atom stereocenters. The molecular formula is C10H12N2O2. The highest BCUT2D eigenvalue weighted by Gasteiger charge is 2.21. The van der Waals surface area contributed by atoms with Crippen molar-refractivity contribution in [1.82, 2.24) is 0 Å². The van der Waals surface area contributed by atoms with Gasteiger partial charge in [-0.2, -0.15) is 0 Å². The number of rotatable bonds is 1. The second-order valence-corrected chi connectivity index (χ2v) is 3.22. The molecule has 0 amide bonds. The molecule has 14 heavy (non-hydrogen) atoms. The van der Waals surface area contributed by atoms with Crippen LogP contribution in [0, 0.1) is 0 Å². The van der Waals surface area contributed by atoms with Crippen LogP contribution in [0.25, 0.3) is 0 Å². The Morgan fingerprint density at radius 2 is 2.36 bits per heavy atom. The number of nitrogens with one attached hydrogen (secondary N) is 1. The molecule has 1 aliphatic heterocycles. The van der Waals surface area contributed by atoms with E-state index >= 15 is 0 Å². The van der Waals surface area contributed by atoms with Gasteiger partial charge < -0.3 is 15.8 Å². The van der Waals surface area contributed by atoms with Gasteiger partial charge in [0.15, 0.2) is 0 Å². The first-order valence-electron chi connectivity index (χ1n) is 4.47. The fourth-order valence-corrected chi connectivity index (χ4v) is 1.76. The van der Waals surface area contributed by atoms with Crippen molar-refractivity contribution in [2.24, 2.45) is 0 Å². The molecule has 1 aromatic rings. The standard InChI is InChI=1S/C10H12N2O2/c1-14-10(13)9-6-4-5-12-8(6)3-2-7(9)11/h2-3,12H,4-5,11H2,1H3. The number of benzene rings is 1. The van der Waals surface area contributed by atoms with E-state index in [9.17, 15) is 4.79 Å². The Morgan fingerprint density at radius 3 is 3.07 bits per heavy atom. The number of anilines is 2. The first kappa shape index (κ1) is 8.87. The molecule has 0 saturated heterocycles. The molecule has 0 bridgehead atoms. The minimum atomic E-state index is -0.358. The summed E-state index contributed by atoms with van der Waals surface area (Å²) < 4.78 is 4.70. The average Bonchev–Trinajstić information content (AvgIpc) is 2.64. The first-order chi connectivity index (χ1) is 6.74. The van der Waals surface area contributed by atoms with Crippen LogP contribution in [-0.4, -0.2) is 19.6 Å². The summed E-state index contributed by atoms with van der Waals surface area (Å²) in [5.74, 6) is -0.358. The summed E-state index contributed by atoms with van der Waals surface area (Å²) in [4.78, 5) is 11.5. The predicted molar refractivity (Wildman–Crippen MR) is 54.4 cm³/mol. The summed E-state index contributed by atoms with van der Waals surface area (Å²) in [6.45, 7) is 0.850. The largest absolute Gasteiger partial charge is 0.465 e. The van der Waals surface area contributed by atoms with Crippen molar-refractivity contribution in [3.63, 3.8) is 0 Å². The van der Waals surface area contributed by atoms with Gasteiger partial charge in [0.25, 0.3) is 0 Å². The lowest BCUT2D eigenvalue weighted by Gasteiger charge is -2.08. The summed E-state index contributed by atoms with van der Waals surface area (Å²) >= 11 is 0. The van der Waals surface area contributed by atoms with E-state index in [2.05, 4.69) is 5.32 Å². The second kappa shape index (κ2) is 3.21. The van der Waals surface area contributed by atoms with Crippen LogP contribution in [0.5, 0.6) is 0 Å². The maximum absolute atomic E-state index is 11.5. The SMILES string of the molecule is COC(=O)c1c(N)ccc2c1CCN2. The van der Waals surface area contributed by atoms with Gasteiger partial charge in [-0.25, -0.2) is 4.79 Å². The highest BCUT2D eigenvalue weighted by Crippen LogP contribution is 2.30. The van der Waals surface area contributed by atoms with Crippen LogP contribution in [0.2, 0.25) is 0 Å². The van der Waals surface area contributed by atoms with Crippen LogP contribution in [0.1, 0.15) is 15.9 Å². The fourth-order valence-electron chi connectivity index (χ4n) is 1.76. The van der Waals surface area contributed by atoms with Gasteiger partial charge in [0.1, 0.15) is 0 Å². The molecular weight excluding hydrogens is 180 g/mol. The molecule has 0 spiro atoms. The molecule has 4 heteroatoms. The lowest BCUT2D eigenvalue weighted by atomic mass is 10.0. The number of esters is 1. The van der Waals surface area contributed by atoms with Crippen molar-refractivity contribution in [3.05, 3.63) is 23.3 Å². The van der Waals surface area contributed by atoms with Crippen LogP contribution < -0.4 is 11.1 Å². The highest BCUT2D eigenvalue weighted by molar-refractivity contribution is 5.98. The molecule has 4 nitrogen and oxygen atoms in total. The zero-order valence-corrected chi connectivity index (χ0v) is 7.96. The molecule has 1 aliphatic rings. The normalized spacial score (nSPS) is 13.2. The number of carbonyl (C=O) groups is 1. The summed E-state index contributed by atoms with van der Waals surface area (Å²) in [6, 6.07) is 3.62. The van der Waals surface area contributed by atoms with Crippen molar-refractivity contribution < 1.29 is 9.53 Å². The number of hydrogen-bond donors (Lipinski definition) is 2. The molecule has 3 N–H and O–H groups in total. The van der Waals surface area contributed by atoms with E-state index < -0.39 is 0 Å². The number of nitrogens with two attached hydrogens (primary N) is 1. The van der Waals surface area contributed by atoms with Crippen LogP contribution in [0.4, 0.5) is 11.4 Å². The summed E-state index contributed by atoms with van der Waals surface area (Å²) in [5, 5.41) is 3.18. The molecule has 74 valence electrons. The highest BCUT2D eigenvalue weighted by atomic mass is 16.5. The van der Waals surface area contributed by atoms with Crippen molar-refractivity contribution in [2.45, 2.75) is 6.42 Å². The Hall–Kier alpha value is -1.71. The van der Waals surface area contributed by atoms with E-state index in [-0.39, 0.29) is 5.97 Å². The molecule has 0 saturated carbocycles. The molecule has 2 rings (SSSR count). The third-order valence-electron chi connectivity index (χ3n) is 2.43. The Labute approximate surface area is 82.1 Å². The van der Waals surface area contributed by atoms with Crippen LogP contribution >= 0.6 is 0 Å². The minimum Gasteiger partial charge on any atom is -0.465 e. The average molecular weight is 192 g/mol. The van der Waals surface area contributed by atoms with Crippen LogP contribution in [0.3, 0.4) is 0 Å². The Kier molecular flexibility index (Phi) is 2.04. The molecule has 1 heterocycles. The zero-order chi connectivity index (χ0) is 10.1. The summed E-state index contributed by atoms with van der Waals surface area (Å²) in [6.07, 6.45) is 0.824. The van der Waals surface area contributed by atoms with Crippen molar-refractivity contribution in [3.8, 4) is 0 Å². The van der Waals surface area contributed by atoms with Crippen LogP contribution in [0.15, 0.2) is 12.1 Å². The molecule has 0 radical (unpaired) electrons. The van der Waals surface area contributed by atoms with E-state index in [1.165, 1.54) is 7.11 Å². The van der Waals surface area contributed by atoms with E-state index in [1.807, 2.05) is 6.07 Å². The van der Waals surface area contributed by atoms with Crippen LogP contribution in [-0.2, 0) is 11.2 Å². The smallest absolute Gasteiger partial charge is 0.340 e. The van der Waals surface area contributed by atoms with E-state index in [4.69, 9.17) is 10.5 Å². The first-order valence-corrected chi connectivity index (χ1v) is 4.47. The summed E-state index contributed by atoms with van der Waals surface area (Å²) in [5.41, 5.74) is 8.69. The number of fused-ring (bicyclic) bond motifs is 1. The number of ether oxygens (including phenoxy) is 1. The lowest BCUT2D eigenvalue weighted by molar-refractivity contribution is 0.0601. The second-order valence-electron chi connectivity index (χ2n) is 3.22. The molecule has 0 aliphatic carbocycles. The van der Waals surface area contributed by atoms with Crippen molar-refractivity contribution >= 4 is 17.3 Å². The van der Waals surface area contributed by atoms with Gasteiger partial charge in [-0.05, 0) is 24.1 Å². The van der Waals surface area contributed by atoms with Gasteiger partial charge in [-0.1, -0.05) is 0 Å². The molecule has 0 atom stereocenters. The van der Waals surface area contributed by atoms with Gasteiger partial charge in [-0.3, -0.25) is 0 Å². The third-order valence-corrected chi connectivity index (χ3v) is 2.43. The molecule has 0 aromatic heterocycles. The number of nitrogen functional groups attached to an aromatic ring is 1. The van der Waals surface area contributed by atoms with Gasteiger partial charge in [0.2, 0.25) is 0 Å².